The summed E-state index contributed by atoms with van der Waals surface area (Å²) >= 11 is 0. The van der Waals surface area contributed by atoms with Crippen LogP contribution in [0.25, 0.3) is 0 Å². The molecule has 2 aliphatic heterocycles. The predicted octanol–water partition coefficient (Wildman–Crippen LogP) is 5.16. The lowest BCUT2D eigenvalue weighted by atomic mass is 9.70. The van der Waals surface area contributed by atoms with Gasteiger partial charge in [-0.2, -0.15) is 4.31 Å². The predicted molar refractivity (Wildman–Crippen MR) is 143 cm³/mol. The fraction of sp³-hybridized carbons (Fsp3) is 0.714. The van der Waals surface area contributed by atoms with Crippen LogP contribution >= 0.6 is 0 Å². The van der Waals surface area contributed by atoms with E-state index in [4.69, 9.17) is 5.73 Å². The van der Waals surface area contributed by atoms with Gasteiger partial charge in [0, 0.05) is 24.9 Å². The molecule has 0 amide bonds. The minimum absolute atomic E-state index is 0.0215. The van der Waals surface area contributed by atoms with E-state index in [0.717, 1.165) is 31.2 Å². The second kappa shape index (κ2) is 10.3. The molecule has 3 atom stereocenters. The monoisotopic (exact) mass is 503 g/mol. The molecule has 196 valence electrons. The van der Waals surface area contributed by atoms with Crippen molar-refractivity contribution in [1.29, 1.82) is 0 Å². The highest BCUT2D eigenvalue weighted by Crippen LogP contribution is 2.38. The lowest BCUT2D eigenvalue weighted by Crippen LogP contribution is -2.51. The molecule has 3 unspecified atom stereocenters. The second-order valence-electron chi connectivity index (χ2n) is 12.0. The Bertz CT molecular complexity index is 1040. The van der Waals surface area contributed by atoms with Gasteiger partial charge in [-0.15, -0.1) is 0 Å². The first-order valence-electron chi connectivity index (χ1n) is 13.2. The minimum Gasteiger partial charge on any atom is -0.387 e. The van der Waals surface area contributed by atoms with Crippen molar-refractivity contribution in [3.8, 4) is 0 Å². The van der Waals surface area contributed by atoms with Gasteiger partial charge in [0.1, 0.15) is 5.54 Å². The smallest absolute Gasteiger partial charge is 0.243 e. The van der Waals surface area contributed by atoms with E-state index in [0.29, 0.717) is 42.1 Å². The normalized spacial score (nSPS) is 27.3. The third-order valence-corrected chi connectivity index (χ3v) is 10.4. The molecule has 1 aromatic carbocycles. The van der Waals surface area contributed by atoms with Crippen LogP contribution in [0.2, 0.25) is 0 Å². The number of nitrogens with two attached hydrogens (primary N) is 1. The molecule has 1 saturated heterocycles. The number of amidine groups is 1. The lowest BCUT2D eigenvalue weighted by Gasteiger charge is -2.40. The van der Waals surface area contributed by atoms with Crippen LogP contribution in [0.1, 0.15) is 86.1 Å². The summed E-state index contributed by atoms with van der Waals surface area (Å²) in [6, 6.07) is 7.38. The van der Waals surface area contributed by atoms with Crippen molar-refractivity contribution in [2.75, 3.05) is 13.1 Å². The van der Waals surface area contributed by atoms with Crippen LogP contribution in [0.4, 0.5) is 0 Å². The number of carbonyl (C=O) groups is 1. The Kier molecular flexibility index (Phi) is 8.22. The van der Waals surface area contributed by atoms with Crippen molar-refractivity contribution in [3.63, 3.8) is 0 Å². The molecule has 1 fully saturated rings. The molecular formula is C28H45N3O3S. The van der Waals surface area contributed by atoms with E-state index in [1.807, 2.05) is 26.0 Å². The van der Waals surface area contributed by atoms with Crippen molar-refractivity contribution in [1.82, 2.24) is 4.31 Å². The molecule has 6 nitrogen and oxygen atoms in total. The average Bonchev–Trinajstić information content (AvgIpc) is 2.80. The van der Waals surface area contributed by atoms with Crippen molar-refractivity contribution >= 4 is 21.6 Å². The number of nitrogens with zero attached hydrogens (tertiary/aromatic N) is 2. The number of aliphatic imine (C=N–C) groups is 1. The van der Waals surface area contributed by atoms with Gasteiger partial charge in [0.25, 0.3) is 0 Å². The maximum Gasteiger partial charge on any atom is 0.243 e. The average molecular weight is 504 g/mol. The van der Waals surface area contributed by atoms with Gasteiger partial charge in [-0.05, 0) is 74.0 Å². The summed E-state index contributed by atoms with van der Waals surface area (Å²) < 4.78 is 28.2. The summed E-state index contributed by atoms with van der Waals surface area (Å²) in [6.07, 6.45) is 3.95. The first-order chi connectivity index (χ1) is 16.2. The van der Waals surface area contributed by atoms with Crippen molar-refractivity contribution < 1.29 is 13.2 Å². The molecule has 3 rings (SSSR count). The topological polar surface area (TPSA) is 92.8 Å². The van der Waals surface area contributed by atoms with Crippen molar-refractivity contribution in [3.05, 3.63) is 29.8 Å². The van der Waals surface area contributed by atoms with Gasteiger partial charge in [0.15, 0.2) is 5.78 Å². The third kappa shape index (κ3) is 5.82. The van der Waals surface area contributed by atoms with E-state index in [9.17, 15) is 13.2 Å². The van der Waals surface area contributed by atoms with Crippen LogP contribution in [-0.2, 0) is 20.2 Å². The molecule has 2 aliphatic rings. The van der Waals surface area contributed by atoms with Crippen LogP contribution in [0.5, 0.6) is 0 Å². The molecule has 0 aromatic heterocycles. The number of piperidine rings is 1. The van der Waals surface area contributed by atoms with Gasteiger partial charge < -0.3 is 5.73 Å². The van der Waals surface area contributed by atoms with Crippen molar-refractivity contribution in [2.24, 2.45) is 34.4 Å². The molecule has 0 spiro atoms. The quantitative estimate of drug-likeness (QED) is 0.530. The lowest BCUT2D eigenvalue weighted by molar-refractivity contribution is -0.130. The van der Waals surface area contributed by atoms with Crippen LogP contribution in [-0.4, -0.2) is 43.0 Å². The molecule has 35 heavy (non-hydrogen) atoms. The van der Waals surface area contributed by atoms with E-state index in [1.54, 1.807) is 16.4 Å². The molecule has 7 heteroatoms. The zero-order chi connectivity index (χ0) is 26.2. The number of rotatable bonds is 8. The van der Waals surface area contributed by atoms with Gasteiger partial charge in [-0.3, -0.25) is 9.79 Å². The summed E-state index contributed by atoms with van der Waals surface area (Å²) in [4.78, 5) is 18.5. The summed E-state index contributed by atoms with van der Waals surface area (Å²) in [6.45, 7) is 15.6. The van der Waals surface area contributed by atoms with Gasteiger partial charge in [0.05, 0.1) is 10.7 Å². The van der Waals surface area contributed by atoms with E-state index in [-0.39, 0.29) is 23.0 Å². The van der Waals surface area contributed by atoms with Gasteiger partial charge in [-0.1, -0.05) is 53.7 Å². The van der Waals surface area contributed by atoms with E-state index >= 15 is 0 Å². The first kappa shape index (κ1) is 27.9. The van der Waals surface area contributed by atoms with Crippen molar-refractivity contribution in [2.45, 2.75) is 96.4 Å². The molecule has 2 N–H and O–H groups in total. The number of ketones is 1. The first-order valence-corrected chi connectivity index (χ1v) is 14.7. The van der Waals surface area contributed by atoms with Gasteiger partial charge in [0.2, 0.25) is 10.0 Å². The van der Waals surface area contributed by atoms with Crippen LogP contribution < -0.4 is 5.73 Å². The molecule has 0 aliphatic carbocycles. The highest BCUT2D eigenvalue weighted by atomic mass is 32.2. The number of sulfonamides is 1. The van der Waals surface area contributed by atoms with Crippen LogP contribution in [0.15, 0.2) is 34.2 Å². The van der Waals surface area contributed by atoms with Crippen LogP contribution in [0, 0.1) is 23.7 Å². The molecule has 2 heterocycles. The number of carbonyl (C=O) groups excluding carboxylic acids is 1. The van der Waals surface area contributed by atoms with Gasteiger partial charge >= 0.3 is 0 Å². The van der Waals surface area contributed by atoms with E-state index in [1.165, 1.54) is 0 Å². The van der Waals surface area contributed by atoms with E-state index < -0.39 is 15.6 Å². The fourth-order valence-corrected chi connectivity index (χ4v) is 7.17. The largest absolute Gasteiger partial charge is 0.387 e. The summed E-state index contributed by atoms with van der Waals surface area (Å²) in [5.74, 6) is 1.20. The Morgan fingerprint density at radius 2 is 1.74 bits per heavy atom. The third-order valence-electron chi connectivity index (χ3n) is 8.44. The zero-order valence-electron chi connectivity index (χ0n) is 22.7. The molecule has 0 bridgehead atoms. The Morgan fingerprint density at radius 3 is 2.26 bits per heavy atom. The highest BCUT2D eigenvalue weighted by molar-refractivity contribution is 7.89. The summed E-state index contributed by atoms with van der Waals surface area (Å²) in [5.41, 5.74) is 6.71. The minimum atomic E-state index is -3.52. The molecule has 0 saturated carbocycles. The Labute approximate surface area is 212 Å². The molecular weight excluding hydrogens is 458 g/mol. The van der Waals surface area contributed by atoms with Crippen LogP contribution in [0.3, 0.4) is 0 Å². The summed E-state index contributed by atoms with van der Waals surface area (Å²) in [5, 5.41) is 0. The highest BCUT2D eigenvalue weighted by Gasteiger charge is 2.46. The SMILES string of the molecule is CCC(C)(C)c1ccc(S(=O)(=O)N2CCC(CC3C(=O)C(C)(CC(C)C)N=C(N)C3C)CC2)cc1. The number of hydrogen-bond donors (Lipinski definition) is 1. The standard InChI is InChI=1S/C28H45N3O3S/c1-8-27(5,6)22-9-11-23(12-10-22)35(33,34)31-15-13-21(14-16-31)17-24-20(4)26(29)30-28(7,25(24)32)18-19(2)3/h9-12,19-21,24H,8,13-18H2,1-7H3,(H2,29,30). The van der Waals surface area contributed by atoms with Gasteiger partial charge in [-0.25, -0.2) is 8.42 Å². The maximum absolute atomic E-state index is 13.5. The van der Waals surface area contributed by atoms with E-state index in [2.05, 4.69) is 39.6 Å². The summed E-state index contributed by atoms with van der Waals surface area (Å²) in [7, 11) is -3.52. The molecule has 0 radical (unpaired) electrons. The Morgan fingerprint density at radius 1 is 1.17 bits per heavy atom. The molecule has 1 aromatic rings. The number of benzene rings is 1. The second-order valence-corrected chi connectivity index (χ2v) is 14.0. The number of hydrogen-bond acceptors (Lipinski definition) is 5. The fourth-order valence-electron chi connectivity index (χ4n) is 5.70. The maximum atomic E-state index is 13.5. The Balaban J connectivity index is 1.66. The Hall–Kier alpha value is -1.73. The zero-order valence-corrected chi connectivity index (χ0v) is 23.5. The number of Topliss-reactive ketones (excluding diaryl/α,β-unsaturated/α-hetero) is 1.